The van der Waals surface area contributed by atoms with Gasteiger partial charge in [-0.05, 0) is 175 Å². The highest BCUT2D eigenvalue weighted by atomic mass is 79.9. The van der Waals surface area contributed by atoms with Gasteiger partial charge in [-0.15, -0.1) is 0 Å². The van der Waals surface area contributed by atoms with Crippen molar-refractivity contribution in [3.63, 3.8) is 0 Å². The molecule has 0 unspecified atom stereocenters. The van der Waals surface area contributed by atoms with Gasteiger partial charge < -0.3 is 52.4 Å². The fraction of sp³-hybridized carbons (Fsp3) is 0.931. The van der Waals surface area contributed by atoms with Crippen LogP contribution in [0.1, 0.15) is 208 Å². The van der Waals surface area contributed by atoms with Crippen LogP contribution in [0, 0.1) is 67.0 Å². The van der Waals surface area contributed by atoms with E-state index in [0.717, 1.165) is 138 Å². The number of likely N-dealkylation sites (N-methyl/N-ethyl adjacent to an activating group) is 2. The van der Waals surface area contributed by atoms with Gasteiger partial charge in [0.15, 0.2) is 0 Å². The molecule has 8 fully saturated rings. The fourth-order valence-corrected chi connectivity index (χ4v) is 19.0. The highest BCUT2D eigenvalue weighted by Crippen LogP contribution is 2.74. The van der Waals surface area contributed by atoms with Gasteiger partial charge in [0, 0.05) is 23.7 Å². The van der Waals surface area contributed by atoms with E-state index in [-0.39, 0.29) is 78.4 Å². The van der Waals surface area contributed by atoms with E-state index < -0.39 is 10.8 Å². The third kappa shape index (κ3) is 10.2. The van der Waals surface area contributed by atoms with Crippen molar-refractivity contribution in [2.75, 3.05) is 67.6 Å². The highest BCUT2D eigenvalue weighted by molar-refractivity contribution is 5.89. The lowest BCUT2D eigenvalue weighted by Gasteiger charge is -2.63. The third-order valence-corrected chi connectivity index (χ3v) is 22.8. The first-order valence-corrected chi connectivity index (χ1v) is 28.0. The summed E-state index contributed by atoms with van der Waals surface area (Å²) in [6, 6.07) is 0. The molecular formula is C58H98Br2N2O6. The smallest absolute Gasteiger partial charge is 0.312 e. The lowest BCUT2D eigenvalue weighted by molar-refractivity contribution is -0.890. The number of esters is 2. The van der Waals surface area contributed by atoms with Crippen LogP contribution in [0.2, 0.25) is 0 Å². The molecule has 8 rings (SSSR count). The summed E-state index contributed by atoms with van der Waals surface area (Å²) in [6.07, 6.45) is 29.0. The summed E-state index contributed by atoms with van der Waals surface area (Å²) >= 11 is 0. The van der Waals surface area contributed by atoms with E-state index in [1.54, 1.807) is 0 Å². The Hall–Kier alpha value is -0.840. The number of ether oxygens (including phenoxy) is 2. The van der Waals surface area contributed by atoms with E-state index in [0.29, 0.717) is 48.5 Å². The topological polar surface area (TPSA) is 86.7 Å². The second kappa shape index (κ2) is 20.5. The number of fused-ring (bicyclic) bond motifs is 6. The number of halogens is 2. The normalized spacial score (nSPS) is 41.6. The number of rotatable bonds is 19. The molecule has 0 aromatic heterocycles. The number of nitrogens with zero attached hydrogens (tertiary/aromatic N) is 2. The van der Waals surface area contributed by atoms with Gasteiger partial charge in [0.1, 0.15) is 37.9 Å². The van der Waals surface area contributed by atoms with Gasteiger partial charge in [-0.3, -0.25) is 19.2 Å². The summed E-state index contributed by atoms with van der Waals surface area (Å²) in [5.74, 6) is 2.92. The molecule has 8 aliphatic rings. The van der Waals surface area contributed by atoms with Crippen molar-refractivity contribution >= 4 is 23.5 Å². The van der Waals surface area contributed by atoms with Crippen LogP contribution in [-0.4, -0.2) is 100 Å². The first kappa shape index (κ1) is 56.5. The molecule has 0 radical (unpaired) electrons. The van der Waals surface area contributed by atoms with Crippen molar-refractivity contribution in [2.24, 2.45) is 67.0 Å². The number of unbranched alkanes of at least 4 members (excludes halogenated alkanes) is 7. The average molecular weight is 1080 g/mol. The van der Waals surface area contributed by atoms with E-state index in [4.69, 9.17) is 9.47 Å². The third-order valence-electron chi connectivity index (χ3n) is 22.8. The molecule has 0 N–H and O–H groups in total. The first-order chi connectivity index (χ1) is 30.9. The Bertz CT molecular complexity index is 1730. The zero-order chi connectivity index (χ0) is 47.7. The zero-order valence-corrected chi connectivity index (χ0v) is 48.2. The molecule has 10 heteroatoms. The Labute approximate surface area is 435 Å². The Morgan fingerprint density at radius 2 is 0.809 bits per heavy atom. The SMILES string of the molecule is C[C@@]12CC[C@@H]3[C@@](CC[C@H]4[C@@]3(C)CCC[C@@]4(C)C(=O)OCC[N+](C)(C)CCCCCCCCCC[N+](C)(C)CCOC(=O)[C@]3(C)CCC[C@]4(C)[C@H]3CC[C@@]35CC(=O)[C@@](C)(CC[C@@H]34)C5)(CC1=O)C2.[Br-].[Br-]. The molecule has 0 aromatic rings. The van der Waals surface area contributed by atoms with Crippen molar-refractivity contribution < 1.29 is 71.6 Å². The fourth-order valence-electron chi connectivity index (χ4n) is 19.0. The van der Waals surface area contributed by atoms with Crippen LogP contribution in [0.3, 0.4) is 0 Å². The highest BCUT2D eigenvalue weighted by Gasteiger charge is 2.70. The van der Waals surface area contributed by atoms with Crippen molar-refractivity contribution in [3.8, 4) is 0 Å². The van der Waals surface area contributed by atoms with E-state index in [1.807, 2.05) is 0 Å². The number of Topliss-reactive ketones (excluding diaryl/α,β-unsaturated/α-hetero) is 2. The molecule has 12 atom stereocenters. The van der Waals surface area contributed by atoms with Crippen molar-refractivity contribution in [1.29, 1.82) is 0 Å². The van der Waals surface area contributed by atoms with E-state index in [9.17, 15) is 19.2 Å². The standard InChI is InChI=1S/C58H98N2O6.2BrH/c1-51-29-21-45-53(3)25-19-27-55(5,43(53)23-31-57(45,41-51)39-47(51)61)49(63)65-37-35-59(7,8)33-17-15-13-11-12-14-16-18-34-60(9,10)36-38-66-50(64)56(6)28-20-26-54(4)44(56)24-32-58-40-48(62)52(2,42-58)30-22-46(54)58;;/h43-46H,11-42H2,1-10H3;2*1H/q+2;;/p-2/t43-,44+,45-,46+,51-,52-,53+,54+,55+,56+,57-,58-;;/m0../s1. The minimum Gasteiger partial charge on any atom is -1.00 e. The first-order valence-electron chi connectivity index (χ1n) is 28.0. The van der Waals surface area contributed by atoms with Crippen LogP contribution in [-0.2, 0) is 28.7 Å². The number of ketones is 2. The maximum Gasteiger partial charge on any atom is 0.312 e. The lowest BCUT2D eigenvalue weighted by Crippen LogP contribution is -3.00. The minimum atomic E-state index is -0.420. The quantitative estimate of drug-likeness (QED) is 0.0885. The number of hydrogen-bond acceptors (Lipinski definition) is 6. The molecule has 0 heterocycles. The summed E-state index contributed by atoms with van der Waals surface area (Å²) < 4.78 is 14.2. The molecule has 68 heavy (non-hydrogen) atoms. The number of carbonyl (C=O) groups excluding carboxylic acids is 4. The molecule has 0 saturated heterocycles. The van der Waals surface area contributed by atoms with E-state index in [2.05, 4.69) is 69.7 Å². The molecule has 0 amide bonds. The van der Waals surface area contributed by atoms with Gasteiger partial charge in [0.2, 0.25) is 0 Å². The van der Waals surface area contributed by atoms with Crippen LogP contribution < -0.4 is 34.0 Å². The van der Waals surface area contributed by atoms with Gasteiger partial charge in [-0.25, -0.2) is 0 Å². The van der Waals surface area contributed by atoms with Gasteiger partial charge in [-0.2, -0.15) is 0 Å². The minimum absolute atomic E-state index is 0. The Kier molecular flexibility index (Phi) is 17.0. The maximum atomic E-state index is 14.0. The summed E-state index contributed by atoms with van der Waals surface area (Å²) in [6.45, 7) is 18.8. The molecule has 0 aliphatic heterocycles. The van der Waals surface area contributed by atoms with Crippen LogP contribution in [0.15, 0.2) is 0 Å². The van der Waals surface area contributed by atoms with Gasteiger partial charge >= 0.3 is 11.9 Å². The van der Waals surface area contributed by atoms with Crippen LogP contribution in [0.5, 0.6) is 0 Å². The molecular weight excluding hydrogens is 980 g/mol. The largest absolute Gasteiger partial charge is 1.00 e. The zero-order valence-electron chi connectivity index (χ0n) is 45.0. The molecule has 4 bridgehead atoms. The van der Waals surface area contributed by atoms with Gasteiger partial charge in [0.05, 0.1) is 52.1 Å². The second-order valence-corrected chi connectivity index (χ2v) is 28.2. The molecule has 8 saturated carbocycles. The molecule has 8 nitrogen and oxygen atoms in total. The molecule has 390 valence electrons. The van der Waals surface area contributed by atoms with Crippen LogP contribution >= 0.6 is 0 Å². The Balaban J connectivity index is 0.00000381. The summed E-state index contributed by atoms with van der Waals surface area (Å²) in [7, 11) is 9.16. The molecule has 2 spiro atoms. The maximum absolute atomic E-state index is 14.0. The van der Waals surface area contributed by atoms with Crippen molar-refractivity contribution in [3.05, 3.63) is 0 Å². The number of quaternary nitrogens is 2. The van der Waals surface area contributed by atoms with Crippen LogP contribution in [0.25, 0.3) is 0 Å². The van der Waals surface area contributed by atoms with Crippen molar-refractivity contribution in [1.82, 2.24) is 0 Å². The predicted molar refractivity (Wildman–Crippen MR) is 263 cm³/mol. The van der Waals surface area contributed by atoms with E-state index >= 15 is 0 Å². The average Bonchev–Trinajstić information content (AvgIpc) is 3.54. The Morgan fingerprint density at radius 3 is 1.18 bits per heavy atom. The molecule has 0 aromatic carbocycles. The van der Waals surface area contributed by atoms with Gasteiger partial charge in [0.25, 0.3) is 0 Å². The monoisotopic (exact) mass is 1080 g/mol. The Morgan fingerprint density at radius 1 is 0.471 bits per heavy atom. The summed E-state index contributed by atoms with van der Waals surface area (Å²) in [4.78, 5) is 54.3. The predicted octanol–water partition coefficient (Wildman–Crippen LogP) is 6.10. The van der Waals surface area contributed by atoms with Crippen molar-refractivity contribution in [2.45, 2.75) is 208 Å². The van der Waals surface area contributed by atoms with Gasteiger partial charge in [-0.1, -0.05) is 66.2 Å². The number of hydrogen-bond donors (Lipinski definition) is 0. The van der Waals surface area contributed by atoms with Crippen LogP contribution in [0.4, 0.5) is 0 Å². The lowest BCUT2D eigenvalue weighted by atomic mass is 9.40. The second-order valence-electron chi connectivity index (χ2n) is 28.2. The summed E-state index contributed by atoms with van der Waals surface area (Å²) in [5.41, 5.74) is -0.439. The number of carbonyl (C=O) groups is 4. The van der Waals surface area contributed by atoms with E-state index in [1.165, 1.54) is 64.2 Å². The summed E-state index contributed by atoms with van der Waals surface area (Å²) in [5, 5.41) is 0. The molecule has 8 aliphatic carbocycles.